The number of carbonyl (C=O) groups is 1. The molecule has 0 unspecified atom stereocenters. The molecule has 23 heavy (non-hydrogen) atoms. The van der Waals surface area contributed by atoms with Gasteiger partial charge in [0.2, 0.25) is 0 Å². The molecule has 0 amide bonds. The van der Waals surface area contributed by atoms with Crippen molar-refractivity contribution in [2.75, 3.05) is 11.5 Å². The number of benzene rings is 1. The summed E-state index contributed by atoms with van der Waals surface area (Å²) in [5, 5.41) is 27.9. The monoisotopic (exact) mass is 324 g/mol. The van der Waals surface area contributed by atoms with Gasteiger partial charge in [-0.2, -0.15) is 10.5 Å². The molecule has 114 valence electrons. The fraction of sp³-hybridized carbons (Fsp3) is 0.125. The zero-order chi connectivity index (χ0) is 16.8. The number of nitrogens with zero attached hydrogens (tertiary/aromatic N) is 3. The average molecular weight is 324 g/mol. The quantitative estimate of drug-likeness (QED) is 0.810. The molecule has 2 aromatic rings. The van der Waals surface area contributed by atoms with Crippen LogP contribution in [-0.2, 0) is 4.79 Å². The number of carboxylic acid groups (broad SMARTS) is 1. The van der Waals surface area contributed by atoms with Crippen molar-refractivity contribution in [3.05, 3.63) is 41.5 Å². The van der Waals surface area contributed by atoms with Gasteiger partial charge >= 0.3 is 5.97 Å². The van der Waals surface area contributed by atoms with E-state index in [-0.39, 0.29) is 29.1 Å². The molecular weight excluding hydrogens is 312 g/mol. The van der Waals surface area contributed by atoms with Gasteiger partial charge in [-0.25, -0.2) is 4.98 Å². The third-order valence-electron chi connectivity index (χ3n) is 3.03. The number of pyridine rings is 1. The molecule has 0 radical (unpaired) electrons. The summed E-state index contributed by atoms with van der Waals surface area (Å²) in [5.74, 6) is -0.638. The Labute approximate surface area is 137 Å². The largest absolute Gasteiger partial charge is 0.481 e. The molecule has 7 heteroatoms. The normalized spacial score (nSPS) is 9.83. The minimum atomic E-state index is -0.930. The van der Waals surface area contributed by atoms with E-state index in [0.29, 0.717) is 16.2 Å². The van der Waals surface area contributed by atoms with Crippen molar-refractivity contribution in [3.8, 4) is 23.3 Å². The van der Waals surface area contributed by atoms with E-state index in [2.05, 4.69) is 11.1 Å². The molecule has 1 aromatic heterocycles. The van der Waals surface area contributed by atoms with Gasteiger partial charge in [0.15, 0.2) is 0 Å². The molecule has 0 aliphatic rings. The van der Waals surface area contributed by atoms with Crippen LogP contribution in [-0.4, -0.2) is 21.8 Å². The SMILES string of the molecule is N#Cc1c(N)nc(SCCC(=O)O)c(C#N)c1-c1ccccc1. The maximum Gasteiger partial charge on any atom is 0.304 e. The van der Waals surface area contributed by atoms with Crippen LogP contribution in [0.5, 0.6) is 0 Å². The van der Waals surface area contributed by atoms with Crippen molar-refractivity contribution in [1.29, 1.82) is 10.5 Å². The lowest BCUT2D eigenvalue weighted by molar-refractivity contribution is -0.136. The van der Waals surface area contributed by atoms with Gasteiger partial charge in [-0.1, -0.05) is 30.3 Å². The number of hydrogen-bond donors (Lipinski definition) is 2. The second kappa shape index (κ2) is 7.30. The van der Waals surface area contributed by atoms with E-state index in [4.69, 9.17) is 10.8 Å². The Morgan fingerprint density at radius 2 is 1.87 bits per heavy atom. The first-order valence-corrected chi connectivity index (χ1v) is 7.60. The Morgan fingerprint density at radius 3 is 2.43 bits per heavy atom. The smallest absolute Gasteiger partial charge is 0.304 e. The zero-order valence-corrected chi connectivity index (χ0v) is 12.8. The summed E-state index contributed by atoms with van der Waals surface area (Å²) in [6.07, 6.45) is -0.0577. The molecule has 3 N–H and O–H groups in total. The minimum absolute atomic E-state index is 0.0307. The summed E-state index contributed by atoms with van der Waals surface area (Å²) in [7, 11) is 0. The summed E-state index contributed by atoms with van der Waals surface area (Å²) >= 11 is 1.14. The number of nitrogens with two attached hydrogens (primary N) is 1. The number of rotatable bonds is 5. The topological polar surface area (TPSA) is 124 Å². The van der Waals surface area contributed by atoms with E-state index >= 15 is 0 Å². The van der Waals surface area contributed by atoms with Gasteiger partial charge in [0.25, 0.3) is 0 Å². The highest BCUT2D eigenvalue weighted by Gasteiger charge is 2.20. The van der Waals surface area contributed by atoms with Gasteiger partial charge in [-0.3, -0.25) is 4.79 Å². The van der Waals surface area contributed by atoms with Crippen molar-refractivity contribution in [1.82, 2.24) is 4.98 Å². The summed E-state index contributed by atoms with van der Waals surface area (Å²) in [6, 6.07) is 13.0. The molecule has 0 atom stereocenters. The molecule has 0 saturated carbocycles. The summed E-state index contributed by atoms with van der Waals surface area (Å²) in [4.78, 5) is 14.7. The lowest BCUT2D eigenvalue weighted by Crippen LogP contribution is -2.04. The maximum atomic E-state index is 10.6. The lowest BCUT2D eigenvalue weighted by Gasteiger charge is -2.12. The number of hydrogen-bond acceptors (Lipinski definition) is 6. The summed E-state index contributed by atoms with van der Waals surface area (Å²) in [5.41, 5.74) is 7.36. The second-order valence-electron chi connectivity index (χ2n) is 4.51. The van der Waals surface area contributed by atoms with Crippen LogP contribution in [0.25, 0.3) is 11.1 Å². The Morgan fingerprint density at radius 1 is 1.22 bits per heavy atom. The maximum absolute atomic E-state index is 10.6. The van der Waals surface area contributed by atoms with Gasteiger partial charge in [-0.05, 0) is 5.56 Å². The molecule has 1 aromatic carbocycles. The van der Waals surface area contributed by atoms with Crippen LogP contribution in [0.15, 0.2) is 35.4 Å². The highest BCUT2D eigenvalue weighted by atomic mass is 32.2. The van der Waals surface area contributed by atoms with Gasteiger partial charge in [0.05, 0.1) is 12.0 Å². The van der Waals surface area contributed by atoms with Crippen LogP contribution in [0.2, 0.25) is 0 Å². The Bertz CT molecular complexity index is 823. The number of nitriles is 2. The van der Waals surface area contributed by atoms with Crippen LogP contribution in [0.1, 0.15) is 17.5 Å². The standard InChI is InChI=1S/C16H12N4O2S/c17-8-11-14(10-4-2-1-3-5-10)12(9-18)16(20-15(11)19)23-7-6-13(21)22/h1-5H,6-7H2,(H2,19,20)(H,21,22). The van der Waals surface area contributed by atoms with E-state index < -0.39 is 5.97 Å². The number of thioether (sulfide) groups is 1. The van der Waals surface area contributed by atoms with Gasteiger partial charge in [0, 0.05) is 11.3 Å². The van der Waals surface area contributed by atoms with Crippen molar-refractivity contribution >= 4 is 23.5 Å². The van der Waals surface area contributed by atoms with Crippen LogP contribution < -0.4 is 5.73 Å². The minimum Gasteiger partial charge on any atom is -0.481 e. The number of nitrogen functional groups attached to an aromatic ring is 1. The highest BCUT2D eigenvalue weighted by molar-refractivity contribution is 7.99. The first-order chi connectivity index (χ1) is 11.1. The van der Waals surface area contributed by atoms with Crippen molar-refractivity contribution < 1.29 is 9.90 Å². The Balaban J connectivity index is 2.59. The van der Waals surface area contributed by atoms with E-state index in [1.807, 2.05) is 12.1 Å². The molecular formula is C16H12N4O2S. The molecule has 1 heterocycles. The van der Waals surface area contributed by atoms with E-state index in [1.165, 1.54) is 0 Å². The van der Waals surface area contributed by atoms with E-state index in [9.17, 15) is 15.3 Å². The van der Waals surface area contributed by atoms with Gasteiger partial charge < -0.3 is 10.8 Å². The molecule has 0 bridgehead atoms. The van der Waals surface area contributed by atoms with Gasteiger partial charge in [-0.15, -0.1) is 11.8 Å². The number of aromatic nitrogens is 1. The number of anilines is 1. The number of aliphatic carboxylic acids is 1. The van der Waals surface area contributed by atoms with Gasteiger partial charge in [0.1, 0.15) is 28.5 Å². The Kier molecular flexibility index (Phi) is 5.19. The second-order valence-corrected chi connectivity index (χ2v) is 5.59. The van der Waals surface area contributed by atoms with E-state index in [0.717, 1.165) is 11.8 Å². The summed E-state index contributed by atoms with van der Waals surface area (Å²) < 4.78 is 0. The molecule has 0 saturated heterocycles. The third kappa shape index (κ3) is 3.60. The molecule has 0 aliphatic carbocycles. The highest BCUT2D eigenvalue weighted by Crippen LogP contribution is 2.35. The Hall–Kier alpha value is -3.03. The predicted molar refractivity (Wildman–Crippen MR) is 86.5 cm³/mol. The molecule has 6 nitrogen and oxygen atoms in total. The fourth-order valence-electron chi connectivity index (χ4n) is 2.03. The zero-order valence-electron chi connectivity index (χ0n) is 12.0. The van der Waals surface area contributed by atoms with Crippen LogP contribution >= 0.6 is 11.8 Å². The van der Waals surface area contributed by atoms with Crippen molar-refractivity contribution in [2.45, 2.75) is 11.4 Å². The van der Waals surface area contributed by atoms with E-state index in [1.54, 1.807) is 24.3 Å². The fourth-order valence-corrected chi connectivity index (χ4v) is 2.96. The lowest BCUT2D eigenvalue weighted by atomic mass is 9.97. The number of carboxylic acids is 1. The van der Waals surface area contributed by atoms with Crippen LogP contribution in [0, 0.1) is 22.7 Å². The molecule has 2 rings (SSSR count). The first-order valence-electron chi connectivity index (χ1n) is 6.62. The average Bonchev–Trinajstić information content (AvgIpc) is 2.54. The molecule has 0 fully saturated rings. The van der Waals surface area contributed by atoms with Crippen LogP contribution in [0.4, 0.5) is 5.82 Å². The molecule has 0 spiro atoms. The summed E-state index contributed by atoms with van der Waals surface area (Å²) in [6.45, 7) is 0. The molecule has 0 aliphatic heterocycles. The third-order valence-corrected chi connectivity index (χ3v) is 4.01. The first kappa shape index (κ1) is 16.3. The predicted octanol–water partition coefficient (Wildman–Crippen LogP) is 2.64. The van der Waals surface area contributed by atoms with Crippen molar-refractivity contribution in [2.24, 2.45) is 0 Å². The van der Waals surface area contributed by atoms with Crippen molar-refractivity contribution in [3.63, 3.8) is 0 Å². The van der Waals surface area contributed by atoms with Crippen LogP contribution in [0.3, 0.4) is 0 Å².